The first kappa shape index (κ1) is 24.2. The van der Waals surface area contributed by atoms with E-state index in [1.54, 1.807) is 31.4 Å². The lowest BCUT2D eigenvalue weighted by Gasteiger charge is -2.19. The van der Waals surface area contributed by atoms with Gasteiger partial charge in [-0.2, -0.15) is 15.0 Å². The molecule has 2 N–H and O–H groups in total. The molecule has 31 heavy (non-hydrogen) atoms. The van der Waals surface area contributed by atoms with Crippen molar-refractivity contribution >= 4 is 17.9 Å². The van der Waals surface area contributed by atoms with E-state index in [0.29, 0.717) is 18.1 Å². The second-order valence-corrected chi connectivity index (χ2v) is 7.53. The number of methoxy groups -OCH3 is 2. The molecule has 0 aliphatic carbocycles. The van der Waals surface area contributed by atoms with Gasteiger partial charge in [-0.3, -0.25) is 0 Å². The lowest BCUT2D eigenvalue weighted by atomic mass is 10.0. The molecule has 170 valence electrons. The van der Waals surface area contributed by atoms with E-state index in [1.165, 1.54) is 7.11 Å². The third kappa shape index (κ3) is 8.27. The third-order valence-corrected chi connectivity index (χ3v) is 4.44. The molecule has 0 saturated heterocycles. The largest absolute Gasteiger partial charge is 0.497 e. The highest BCUT2D eigenvalue weighted by molar-refractivity contribution is 5.78. The number of carbonyl (C=O) groups is 1. The summed E-state index contributed by atoms with van der Waals surface area (Å²) in [5.74, 6) is 1.81. The van der Waals surface area contributed by atoms with Crippen molar-refractivity contribution in [3.63, 3.8) is 0 Å². The molecule has 1 aromatic carbocycles. The highest BCUT2D eigenvalue weighted by Crippen LogP contribution is 2.23. The fourth-order valence-corrected chi connectivity index (χ4v) is 2.85. The molecule has 2 rings (SSSR count). The molecule has 9 nitrogen and oxygen atoms in total. The number of unbranched alkanes of at least 4 members (excludes halogenated alkanes) is 2. The first-order chi connectivity index (χ1) is 14.9. The third-order valence-electron chi connectivity index (χ3n) is 4.44. The molecule has 0 bridgehead atoms. The van der Waals surface area contributed by atoms with Crippen LogP contribution in [0.5, 0.6) is 17.5 Å². The average Bonchev–Trinajstić information content (AvgIpc) is 2.76. The van der Waals surface area contributed by atoms with Crippen LogP contribution in [0.3, 0.4) is 0 Å². The minimum atomic E-state index is -0.575. The van der Waals surface area contributed by atoms with Crippen molar-refractivity contribution in [2.45, 2.75) is 52.5 Å². The molecular formula is C22H33N5O4. The van der Waals surface area contributed by atoms with Gasteiger partial charge in [-0.1, -0.05) is 33.6 Å². The first-order valence-electron chi connectivity index (χ1n) is 10.6. The Hall–Kier alpha value is -3.10. The van der Waals surface area contributed by atoms with Crippen LogP contribution in [0.25, 0.3) is 0 Å². The summed E-state index contributed by atoms with van der Waals surface area (Å²) < 4.78 is 15.9. The van der Waals surface area contributed by atoms with Gasteiger partial charge in [-0.25, -0.2) is 4.79 Å². The van der Waals surface area contributed by atoms with E-state index in [4.69, 9.17) is 14.2 Å². The van der Waals surface area contributed by atoms with Crippen LogP contribution in [-0.2, 0) is 9.53 Å². The highest BCUT2D eigenvalue weighted by Gasteiger charge is 2.22. The molecule has 0 saturated carbocycles. The van der Waals surface area contributed by atoms with Crippen LogP contribution < -0.4 is 20.1 Å². The average molecular weight is 432 g/mol. The zero-order valence-electron chi connectivity index (χ0n) is 19.0. The van der Waals surface area contributed by atoms with Gasteiger partial charge < -0.3 is 24.8 Å². The second kappa shape index (κ2) is 12.6. The van der Waals surface area contributed by atoms with Gasteiger partial charge in [0, 0.05) is 6.54 Å². The minimum Gasteiger partial charge on any atom is -0.497 e. The van der Waals surface area contributed by atoms with Crippen molar-refractivity contribution < 1.29 is 19.0 Å². The predicted octanol–water partition coefficient (Wildman–Crippen LogP) is 4.27. The molecule has 0 aliphatic heterocycles. The molecule has 0 unspecified atom stereocenters. The summed E-state index contributed by atoms with van der Waals surface area (Å²) in [4.78, 5) is 25.3. The maximum absolute atomic E-state index is 12.2. The predicted molar refractivity (Wildman–Crippen MR) is 120 cm³/mol. The van der Waals surface area contributed by atoms with Crippen LogP contribution in [0.2, 0.25) is 0 Å². The smallest absolute Gasteiger partial charge is 0.328 e. The summed E-state index contributed by atoms with van der Waals surface area (Å²) in [6.45, 7) is 6.94. The number of rotatable bonds is 13. The quantitative estimate of drug-likeness (QED) is 0.355. The second-order valence-electron chi connectivity index (χ2n) is 7.53. The molecule has 1 atom stereocenters. The van der Waals surface area contributed by atoms with E-state index in [-0.39, 0.29) is 23.8 Å². The van der Waals surface area contributed by atoms with Crippen molar-refractivity contribution in [2.24, 2.45) is 5.92 Å². The number of carbonyl (C=O) groups excluding carboxylic acids is 1. The first-order valence-corrected chi connectivity index (χ1v) is 10.6. The zero-order chi connectivity index (χ0) is 22.6. The molecule has 1 heterocycles. The van der Waals surface area contributed by atoms with E-state index >= 15 is 0 Å². The standard InChI is InChI=1S/C22H33N5O4/c1-6-7-8-13-23-20-25-21(24-18(14-15(2)3)19(28)30-5)27-22(26-20)31-17-11-9-16(29-4)10-12-17/h9-12,15,18H,6-8,13-14H2,1-5H3,(H2,23,24,25,26,27)/t18-/m0/s1. The molecule has 2 aromatic rings. The van der Waals surface area contributed by atoms with Crippen LogP contribution in [0.1, 0.15) is 46.5 Å². The van der Waals surface area contributed by atoms with Gasteiger partial charge in [0.05, 0.1) is 14.2 Å². The van der Waals surface area contributed by atoms with Crippen molar-refractivity contribution in [3.05, 3.63) is 24.3 Å². The SMILES string of the molecule is CCCCCNc1nc(N[C@@H](CC(C)C)C(=O)OC)nc(Oc2ccc(OC)cc2)n1. The Kier molecular flexibility index (Phi) is 9.80. The van der Waals surface area contributed by atoms with E-state index in [2.05, 4.69) is 32.5 Å². The molecule has 1 aromatic heterocycles. The van der Waals surface area contributed by atoms with Crippen LogP contribution in [0, 0.1) is 5.92 Å². The number of hydrogen-bond donors (Lipinski definition) is 2. The number of anilines is 2. The molecule has 0 fully saturated rings. The molecule has 0 radical (unpaired) electrons. The van der Waals surface area contributed by atoms with E-state index in [9.17, 15) is 4.79 Å². The van der Waals surface area contributed by atoms with Gasteiger partial charge in [0.2, 0.25) is 11.9 Å². The Bertz CT molecular complexity index is 814. The summed E-state index contributed by atoms with van der Waals surface area (Å²) in [6.07, 6.45) is 3.80. The summed E-state index contributed by atoms with van der Waals surface area (Å²) in [5, 5.41) is 6.27. The lowest BCUT2D eigenvalue weighted by Crippen LogP contribution is -2.33. The summed E-state index contributed by atoms with van der Waals surface area (Å²) >= 11 is 0. The van der Waals surface area contributed by atoms with Crippen molar-refractivity contribution in [2.75, 3.05) is 31.4 Å². The van der Waals surface area contributed by atoms with Gasteiger partial charge in [0.25, 0.3) is 0 Å². The van der Waals surface area contributed by atoms with E-state index in [1.807, 2.05) is 13.8 Å². The molecule has 0 spiro atoms. The summed E-state index contributed by atoms with van der Waals surface area (Å²) in [5.41, 5.74) is 0. The Morgan fingerprint density at radius 2 is 1.68 bits per heavy atom. The summed E-state index contributed by atoms with van der Waals surface area (Å²) in [6, 6.07) is 6.65. The fraction of sp³-hybridized carbons (Fsp3) is 0.545. The molecule has 0 aliphatic rings. The number of nitrogens with one attached hydrogen (secondary N) is 2. The maximum atomic E-state index is 12.2. The normalized spacial score (nSPS) is 11.7. The van der Waals surface area contributed by atoms with Crippen LogP contribution in [0.15, 0.2) is 24.3 Å². The van der Waals surface area contributed by atoms with Crippen molar-refractivity contribution in [1.82, 2.24) is 15.0 Å². The number of benzene rings is 1. The highest BCUT2D eigenvalue weighted by atomic mass is 16.5. The van der Waals surface area contributed by atoms with E-state index < -0.39 is 6.04 Å². The lowest BCUT2D eigenvalue weighted by molar-refractivity contribution is -0.141. The number of ether oxygens (including phenoxy) is 3. The van der Waals surface area contributed by atoms with Crippen LogP contribution in [-0.4, -0.2) is 47.7 Å². The minimum absolute atomic E-state index is 0.119. The number of nitrogens with zero attached hydrogens (tertiary/aromatic N) is 3. The monoisotopic (exact) mass is 431 g/mol. The summed E-state index contributed by atoms with van der Waals surface area (Å²) in [7, 11) is 2.97. The Morgan fingerprint density at radius 3 is 2.29 bits per heavy atom. The Balaban J connectivity index is 2.24. The van der Waals surface area contributed by atoms with Gasteiger partial charge in [0.1, 0.15) is 17.5 Å². The molecular weight excluding hydrogens is 398 g/mol. The number of aromatic nitrogens is 3. The fourth-order valence-electron chi connectivity index (χ4n) is 2.85. The van der Waals surface area contributed by atoms with Gasteiger partial charge >= 0.3 is 12.0 Å². The Morgan fingerprint density at radius 1 is 1.00 bits per heavy atom. The van der Waals surface area contributed by atoms with Gasteiger partial charge in [-0.15, -0.1) is 0 Å². The number of hydrogen-bond acceptors (Lipinski definition) is 9. The van der Waals surface area contributed by atoms with Crippen molar-refractivity contribution in [3.8, 4) is 17.5 Å². The Labute approximate surface area is 183 Å². The van der Waals surface area contributed by atoms with E-state index in [0.717, 1.165) is 31.6 Å². The van der Waals surface area contributed by atoms with Crippen LogP contribution in [0.4, 0.5) is 11.9 Å². The van der Waals surface area contributed by atoms with Gasteiger partial charge in [0.15, 0.2) is 0 Å². The topological polar surface area (TPSA) is 107 Å². The zero-order valence-corrected chi connectivity index (χ0v) is 19.0. The van der Waals surface area contributed by atoms with Crippen molar-refractivity contribution in [1.29, 1.82) is 0 Å². The maximum Gasteiger partial charge on any atom is 0.328 e. The molecule has 9 heteroatoms. The van der Waals surface area contributed by atoms with Gasteiger partial charge in [-0.05, 0) is 43.0 Å². The van der Waals surface area contributed by atoms with Crippen LogP contribution >= 0.6 is 0 Å². The number of esters is 1. The molecule has 0 amide bonds.